The van der Waals surface area contributed by atoms with Crippen molar-refractivity contribution in [1.29, 1.82) is 0 Å². The Bertz CT molecular complexity index is 1380. The lowest BCUT2D eigenvalue weighted by Crippen LogP contribution is -2.26. The second-order valence-electron chi connectivity index (χ2n) is 6.31. The monoisotopic (exact) mass is 422 g/mol. The molecule has 0 radical (unpaired) electrons. The Morgan fingerprint density at radius 3 is 2.93 bits per heavy atom. The number of amides is 1. The number of nitrogens with zero attached hydrogens (tertiary/aromatic N) is 3. The number of aromatic nitrogens is 3. The summed E-state index contributed by atoms with van der Waals surface area (Å²) in [5.74, 6) is 0.289. The summed E-state index contributed by atoms with van der Waals surface area (Å²) in [5.41, 5.74) is 1.12. The highest BCUT2D eigenvalue weighted by molar-refractivity contribution is 7.15. The van der Waals surface area contributed by atoms with Crippen LogP contribution in [0.4, 0.5) is 0 Å². The van der Waals surface area contributed by atoms with E-state index in [1.807, 2.05) is 27.4 Å². The fourth-order valence-corrected chi connectivity index (χ4v) is 4.52. The number of rotatable bonds is 5. The number of carbonyl (C=O) groups excluding carboxylic acids is 1. The lowest BCUT2D eigenvalue weighted by Gasteiger charge is -2.05. The van der Waals surface area contributed by atoms with E-state index in [1.165, 1.54) is 17.4 Å². The number of nitrogens with one attached hydrogen (secondary N) is 1. The van der Waals surface area contributed by atoms with Crippen LogP contribution in [0, 0.1) is 0 Å². The molecule has 9 heteroatoms. The minimum atomic E-state index is -0.419. The van der Waals surface area contributed by atoms with Gasteiger partial charge in [-0.15, -0.1) is 27.8 Å². The quantitative estimate of drug-likeness (QED) is 0.467. The van der Waals surface area contributed by atoms with E-state index in [9.17, 15) is 9.59 Å². The van der Waals surface area contributed by atoms with E-state index < -0.39 is 5.91 Å². The minimum absolute atomic E-state index is 0.00454. The van der Waals surface area contributed by atoms with Crippen molar-refractivity contribution in [2.24, 2.45) is 0 Å². The number of hydrogen-bond donors (Lipinski definition) is 1. The highest BCUT2D eigenvalue weighted by atomic mass is 32.1. The number of hydrogen-bond acceptors (Lipinski definition) is 7. The van der Waals surface area contributed by atoms with Gasteiger partial charge in [-0.25, -0.2) is 4.52 Å². The second kappa shape index (κ2) is 7.26. The van der Waals surface area contributed by atoms with E-state index >= 15 is 0 Å². The Hall–Kier alpha value is -3.30. The summed E-state index contributed by atoms with van der Waals surface area (Å²) in [6, 6.07) is 12.0. The Morgan fingerprint density at radius 1 is 1.17 bits per heavy atom. The van der Waals surface area contributed by atoms with Crippen LogP contribution in [0.25, 0.3) is 26.6 Å². The molecule has 1 aromatic carbocycles. The number of carbonyl (C=O) groups is 1. The van der Waals surface area contributed by atoms with Crippen LogP contribution < -0.4 is 10.7 Å². The van der Waals surface area contributed by atoms with Crippen molar-refractivity contribution in [3.63, 3.8) is 0 Å². The molecular formula is C20H14N4O3S2. The van der Waals surface area contributed by atoms with Crippen molar-refractivity contribution in [1.82, 2.24) is 19.9 Å². The van der Waals surface area contributed by atoms with Gasteiger partial charge in [-0.3, -0.25) is 9.59 Å². The van der Waals surface area contributed by atoms with Crippen LogP contribution in [0.15, 0.2) is 62.4 Å². The fraction of sp³-hybridized carbons (Fsp3) is 0.100. The molecule has 144 valence electrons. The molecule has 0 aliphatic heterocycles. The molecule has 4 heterocycles. The average Bonchev–Trinajstić information content (AvgIpc) is 3.46. The van der Waals surface area contributed by atoms with Gasteiger partial charge in [0.05, 0.1) is 16.0 Å². The number of benzene rings is 1. The summed E-state index contributed by atoms with van der Waals surface area (Å²) in [6.07, 6.45) is 0.580. The molecule has 0 atom stereocenters. The zero-order valence-electron chi connectivity index (χ0n) is 15.0. The molecule has 5 aromatic rings. The van der Waals surface area contributed by atoms with Gasteiger partial charge in [-0.2, -0.15) is 4.98 Å². The largest absolute Gasteiger partial charge is 0.451 e. The van der Waals surface area contributed by atoms with Crippen molar-refractivity contribution in [2.45, 2.75) is 6.42 Å². The van der Waals surface area contributed by atoms with Crippen LogP contribution >= 0.6 is 22.7 Å². The normalized spacial score (nSPS) is 11.3. The minimum Gasteiger partial charge on any atom is -0.451 e. The van der Waals surface area contributed by atoms with Crippen molar-refractivity contribution in [3.05, 3.63) is 74.9 Å². The van der Waals surface area contributed by atoms with Gasteiger partial charge in [-0.1, -0.05) is 18.2 Å². The number of thiazole rings is 1. The van der Waals surface area contributed by atoms with E-state index in [-0.39, 0.29) is 11.2 Å². The van der Waals surface area contributed by atoms with Gasteiger partial charge < -0.3 is 9.73 Å². The maximum atomic E-state index is 12.4. The van der Waals surface area contributed by atoms with Gasteiger partial charge in [0.25, 0.3) is 5.91 Å². The third kappa shape index (κ3) is 3.34. The van der Waals surface area contributed by atoms with Crippen LogP contribution in [-0.2, 0) is 6.42 Å². The molecule has 4 aromatic heterocycles. The Kier molecular flexibility index (Phi) is 4.45. The highest BCUT2D eigenvalue weighted by Crippen LogP contribution is 2.24. The molecule has 0 fully saturated rings. The summed E-state index contributed by atoms with van der Waals surface area (Å²) in [5, 5.41) is 11.8. The van der Waals surface area contributed by atoms with Gasteiger partial charge in [0.15, 0.2) is 17.0 Å². The van der Waals surface area contributed by atoms with E-state index in [2.05, 4.69) is 15.4 Å². The van der Waals surface area contributed by atoms with E-state index in [4.69, 9.17) is 4.42 Å². The first-order valence-electron chi connectivity index (χ1n) is 8.87. The third-order valence-electron chi connectivity index (χ3n) is 4.42. The van der Waals surface area contributed by atoms with Gasteiger partial charge >= 0.3 is 0 Å². The van der Waals surface area contributed by atoms with E-state index in [0.29, 0.717) is 29.8 Å². The average molecular weight is 422 g/mol. The lowest BCUT2D eigenvalue weighted by atomic mass is 10.2. The first-order valence-corrected chi connectivity index (χ1v) is 10.6. The van der Waals surface area contributed by atoms with Crippen molar-refractivity contribution >= 4 is 44.5 Å². The SMILES string of the molecule is O=C(NCCc1csc2nc(-c3cccs3)nn12)c1cc(=O)c2ccccc2o1. The molecule has 7 nitrogen and oxygen atoms in total. The van der Waals surface area contributed by atoms with Gasteiger partial charge in [0, 0.05) is 24.4 Å². The van der Waals surface area contributed by atoms with Crippen LogP contribution in [-0.4, -0.2) is 27.0 Å². The molecule has 0 aliphatic rings. The zero-order chi connectivity index (χ0) is 19.8. The number of para-hydroxylation sites is 1. The maximum Gasteiger partial charge on any atom is 0.287 e. The first kappa shape index (κ1) is 17.8. The summed E-state index contributed by atoms with van der Waals surface area (Å²) in [4.78, 5) is 31.0. The topological polar surface area (TPSA) is 89.5 Å². The summed E-state index contributed by atoms with van der Waals surface area (Å²) >= 11 is 3.11. The second-order valence-corrected chi connectivity index (χ2v) is 8.10. The van der Waals surface area contributed by atoms with E-state index in [1.54, 1.807) is 35.6 Å². The maximum absolute atomic E-state index is 12.4. The molecule has 29 heavy (non-hydrogen) atoms. The van der Waals surface area contributed by atoms with Crippen molar-refractivity contribution in [2.75, 3.05) is 6.54 Å². The molecule has 0 bridgehead atoms. The summed E-state index contributed by atoms with van der Waals surface area (Å²) in [6.45, 7) is 0.384. The van der Waals surface area contributed by atoms with Gasteiger partial charge in [0.1, 0.15) is 5.58 Å². The summed E-state index contributed by atoms with van der Waals surface area (Å²) < 4.78 is 7.38. The van der Waals surface area contributed by atoms with E-state index in [0.717, 1.165) is 15.5 Å². The molecule has 5 rings (SSSR count). The van der Waals surface area contributed by atoms with Crippen LogP contribution in [0.3, 0.4) is 0 Å². The Balaban J connectivity index is 1.30. The number of thiophene rings is 1. The van der Waals surface area contributed by atoms with Crippen molar-refractivity contribution in [3.8, 4) is 10.7 Å². The zero-order valence-corrected chi connectivity index (χ0v) is 16.6. The predicted octanol–water partition coefficient (Wildman–Crippen LogP) is 3.60. The molecule has 1 amide bonds. The molecule has 0 aliphatic carbocycles. The molecule has 0 saturated carbocycles. The van der Waals surface area contributed by atoms with Crippen LogP contribution in [0.2, 0.25) is 0 Å². The smallest absolute Gasteiger partial charge is 0.287 e. The first-order chi connectivity index (χ1) is 14.2. The van der Waals surface area contributed by atoms with Crippen LogP contribution in [0.5, 0.6) is 0 Å². The van der Waals surface area contributed by atoms with Crippen molar-refractivity contribution < 1.29 is 9.21 Å². The fourth-order valence-electron chi connectivity index (χ4n) is 3.01. The number of fused-ring (bicyclic) bond motifs is 2. The Labute approximate surface area is 172 Å². The standard InChI is InChI=1S/C20H14N4O3S2/c25-14-10-16(27-15-5-2-1-4-13(14)15)19(26)21-8-7-12-11-29-20-22-18(23-24(12)20)17-6-3-9-28-17/h1-6,9-11H,7-8H2,(H,21,26). The lowest BCUT2D eigenvalue weighted by molar-refractivity contribution is 0.0927. The Morgan fingerprint density at radius 2 is 2.07 bits per heavy atom. The molecular weight excluding hydrogens is 408 g/mol. The molecule has 0 unspecified atom stereocenters. The van der Waals surface area contributed by atoms with Gasteiger partial charge in [0.2, 0.25) is 4.96 Å². The molecule has 0 spiro atoms. The van der Waals surface area contributed by atoms with Gasteiger partial charge in [-0.05, 0) is 23.6 Å². The highest BCUT2D eigenvalue weighted by Gasteiger charge is 2.14. The summed E-state index contributed by atoms with van der Waals surface area (Å²) in [7, 11) is 0. The third-order valence-corrected chi connectivity index (χ3v) is 6.15. The predicted molar refractivity (Wildman–Crippen MR) is 113 cm³/mol. The van der Waals surface area contributed by atoms with Crippen LogP contribution in [0.1, 0.15) is 16.2 Å². The molecule has 1 N–H and O–H groups in total. The molecule has 0 saturated heterocycles.